The number of carbonyl (C=O) groups is 2. The second-order valence-corrected chi connectivity index (χ2v) is 6.58. The molecule has 2 amide bonds. The van der Waals surface area contributed by atoms with Gasteiger partial charge in [-0.15, -0.1) is 0 Å². The highest BCUT2D eigenvalue weighted by Gasteiger charge is 2.38. The van der Waals surface area contributed by atoms with Gasteiger partial charge in [0.1, 0.15) is 5.92 Å². The monoisotopic (exact) mass is 329 g/mol. The SMILES string of the molecule is CC1=NC(=O)NC(c2cccnc2)C1C(=O)OCC1CCCCC1. The number of hydrogen-bond donors (Lipinski definition) is 1. The Labute approximate surface area is 141 Å². The Morgan fingerprint density at radius 3 is 2.83 bits per heavy atom. The first-order chi connectivity index (χ1) is 11.6. The van der Waals surface area contributed by atoms with Gasteiger partial charge in [0.2, 0.25) is 0 Å². The van der Waals surface area contributed by atoms with Crippen LogP contribution in [0.1, 0.15) is 50.6 Å². The topological polar surface area (TPSA) is 80.7 Å². The molecule has 1 aliphatic carbocycles. The Bertz CT molecular complexity index is 624. The van der Waals surface area contributed by atoms with Crippen LogP contribution in [0.25, 0.3) is 0 Å². The van der Waals surface area contributed by atoms with E-state index in [1.54, 1.807) is 25.4 Å². The number of rotatable bonds is 4. The first kappa shape index (κ1) is 16.6. The molecule has 2 atom stereocenters. The molecule has 1 aromatic rings. The molecule has 3 rings (SSSR count). The van der Waals surface area contributed by atoms with Crippen LogP contribution < -0.4 is 5.32 Å². The normalized spacial score (nSPS) is 24.9. The van der Waals surface area contributed by atoms with Gasteiger partial charge in [0.05, 0.1) is 12.6 Å². The van der Waals surface area contributed by atoms with Crippen LogP contribution in [-0.2, 0) is 9.53 Å². The van der Waals surface area contributed by atoms with Gasteiger partial charge in [-0.2, -0.15) is 0 Å². The molecular weight excluding hydrogens is 306 g/mol. The Hall–Kier alpha value is -2.24. The van der Waals surface area contributed by atoms with Crippen molar-refractivity contribution in [3.63, 3.8) is 0 Å². The summed E-state index contributed by atoms with van der Waals surface area (Å²) in [5, 5.41) is 2.76. The predicted octanol–water partition coefficient (Wildman–Crippen LogP) is 3.05. The summed E-state index contributed by atoms with van der Waals surface area (Å²) < 4.78 is 5.59. The van der Waals surface area contributed by atoms with Crippen molar-refractivity contribution >= 4 is 17.7 Å². The van der Waals surface area contributed by atoms with Crippen LogP contribution >= 0.6 is 0 Å². The lowest BCUT2D eigenvalue weighted by Crippen LogP contribution is -2.44. The number of hydrogen-bond acceptors (Lipinski definition) is 4. The van der Waals surface area contributed by atoms with Gasteiger partial charge in [0.25, 0.3) is 0 Å². The molecule has 2 heterocycles. The molecule has 1 N–H and O–H groups in total. The minimum atomic E-state index is -0.601. The van der Waals surface area contributed by atoms with Gasteiger partial charge >= 0.3 is 12.0 Å². The second kappa shape index (κ2) is 7.55. The van der Waals surface area contributed by atoms with Crippen molar-refractivity contribution in [1.29, 1.82) is 0 Å². The molecule has 128 valence electrons. The molecule has 1 saturated carbocycles. The van der Waals surface area contributed by atoms with Crippen LogP contribution in [0, 0.1) is 11.8 Å². The summed E-state index contributed by atoms with van der Waals surface area (Å²) in [6.45, 7) is 2.16. The van der Waals surface area contributed by atoms with E-state index in [1.807, 2.05) is 6.07 Å². The number of nitrogens with zero attached hydrogens (tertiary/aromatic N) is 2. The summed E-state index contributed by atoms with van der Waals surface area (Å²) in [5.41, 5.74) is 1.26. The fourth-order valence-electron chi connectivity index (χ4n) is 3.51. The third kappa shape index (κ3) is 3.80. The molecule has 0 aromatic carbocycles. The summed E-state index contributed by atoms with van der Waals surface area (Å²) in [5.74, 6) is -0.471. The van der Waals surface area contributed by atoms with E-state index in [2.05, 4.69) is 15.3 Å². The highest BCUT2D eigenvalue weighted by molar-refractivity contribution is 6.08. The summed E-state index contributed by atoms with van der Waals surface area (Å²) in [6, 6.07) is 2.71. The van der Waals surface area contributed by atoms with Crippen molar-refractivity contribution in [3.05, 3.63) is 30.1 Å². The number of urea groups is 1. The van der Waals surface area contributed by atoms with E-state index in [0.717, 1.165) is 18.4 Å². The summed E-state index contributed by atoms with van der Waals surface area (Å²) in [7, 11) is 0. The van der Waals surface area contributed by atoms with Crippen LogP contribution in [0.2, 0.25) is 0 Å². The van der Waals surface area contributed by atoms with E-state index in [9.17, 15) is 9.59 Å². The average molecular weight is 329 g/mol. The van der Waals surface area contributed by atoms with E-state index in [1.165, 1.54) is 19.3 Å². The maximum Gasteiger partial charge on any atom is 0.341 e. The minimum absolute atomic E-state index is 0.323. The summed E-state index contributed by atoms with van der Waals surface area (Å²) in [4.78, 5) is 32.4. The van der Waals surface area contributed by atoms with Crippen molar-refractivity contribution in [2.75, 3.05) is 6.61 Å². The molecule has 2 aliphatic rings. The molecule has 2 unspecified atom stereocenters. The minimum Gasteiger partial charge on any atom is -0.465 e. The number of ether oxygens (including phenoxy) is 1. The molecular formula is C18H23N3O3. The Balaban J connectivity index is 1.72. The fraction of sp³-hybridized carbons (Fsp3) is 0.556. The Morgan fingerprint density at radius 1 is 1.33 bits per heavy atom. The summed E-state index contributed by atoms with van der Waals surface area (Å²) in [6.07, 6.45) is 9.24. The largest absolute Gasteiger partial charge is 0.465 e. The van der Waals surface area contributed by atoms with Crippen LogP contribution in [0.4, 0.5) is 4.79 Å². The Morgan fingerprint density at radius 2 is 2.12 bits per heavy atom. The lowest BCUT2D eigenvalue weighted by molar-refractivity contribution is -0.148. The van der Waals surface area contributed by atoms with Crippen LogP contribution in [0.5, 0.6) is 0 Å². The highest BCUT2D eigenvalue weighted by Crippen LogP contribution is 2.29. The number of carbonyl (C=O) groups excluding carboxylic acids is 2. The first-order valence-corrected chi connectivity index (χ1v) is 8.57. The third-order valence-corrected chi connectivity index (χ3v) is 4.82. The lowest BCUT2D eigenvalue weighted by Gasteiger charge is -2.30. The number of nitrogens with one attached hydrogen (secondary N) is 1. The third-order valence-electron chi connectivity index (χ3n) is 4.82. The predicted molar refractivity (Wildman–Crippen MR) is 89.6 cm³/mol. The molecule has 6 heteroatoms. The van der Waals surface area contributed by atoms with Gasteiger partial charge in [0, 0.05) is 18.1 Å². The van der Waals surface area contributed by atoms with Crippen molar-refractivity contribution in [2.24, 2.45) is 16.8 Å². The molecule has 0 saturated heterocycles. The van der Waals surface area contributed by atoms with E-state index in [-0.39, 0.29) is 5.97 Å². The van der Waals surface area contributed by atoms with E-state index in [4.69, 9.17) is 4.74 Å². The molecule has 1 aromatic heterocycles. The zero-order chi connectivity index (χ0) is 16.9. The van der Waals surface area contributed by atoms with Crippen LogP contribution in [0.3, 0.4) is 0 Å². The van der Waals surface area contributed by atoms with Gasteiger partial charge in [0.15, 0.2) is 0 Å². The van der Waals surface area contributed by atoms with Crippen molar-refractivity contribution in [2.45, 2.75) is 45.1 Å². The van der Waals surface area contributed by atoms with Gasteiger partial charge in [-0.3, -0.25) is 9.78 Å². The van der Waals surface area contributed by atoms with Gasteiger partial charge < -0.3 is 10.1 Å². The Kier molecular flexibility index (Phi) is 5.23. The van der Waals surface area contributed by atoms with E-state index in [0.29, 0.717) is 18.2 Å². The number of aromatic nitrogens is 1. The molecule has 0 radical (unpaired) electrons. The van der Waals surface area contributed by atoms with Crippen LogP contribution in [0.15, 0.2) is 29.5 Å². The smallest absolute Gasteiger partial charge is 0.341 e. The highest BCUT2D eigenvalue weighted by atomic mass is 16.5. The molecule has 1 aliphatic heterocycles. The second-order valence-electron chi connectivity index (χ2n) is 6.58. The maximum atomic E-state index is 12.7. The van der Waals surface area contributed by atoms with Crippen molar-refractivity contribution in [1.82, 2.24) is 10.3 Å². The summed E-state index contributed by atoms with van der Waals surface area (Å²) >= 11 is 0. The maximum absolute atomic E-state index is 12.7. The van der Waals surface area contributed by atoms with E-state index >= 15 is 0 Å². The molecule has 24 heavy (non-hydrogen) atoms. The molecule has 6 nitrogen and oxygen atoms in total. The van der Waals surface area contributed by atoms with Crippen molar-refractivity contribution < 1.29 is 14.3 Å². The van der Waals surface area contributed by atoms with Crippen molar-refractivity contribution in [3.8, 4) is 0 Å². The van der Waals surface area contributed by atoms with Gasteiger partial charge in [-0.1, -0.05) is 25.3 Å². The average Bonchev–Trinajstić information content (AvgIpc) is 2.60. The zero-order valence-electron chi connectivity index (χ0n) is 13.9. The molecule has 0 spiro atoms. The fourth-order valence-corrected chi connectivity index (χ4v) is 3.51. The van der Waals surface area contributed by atoms with Gasteiger partial charge in [-0.05, 0) is 37.3 Å². The number of pyridine rings is 1. The number of amides is 2. The molecule has 1 fully saturated rings. The van der Waals surface area contributed by atoms with Crippen LogP contribution in [-0.4, -0.2) is 29.3 Å². The van der Waals surface area contributed by atoms with E-state index < -0.39 is 18.0 Å². The number of aliphatic imine (C=N–C) groups is 1. The molecule has 0 bridgehead atoms. The number of esters is 1. The lowest BCUT2D eigenvalue weighted by atomic mass is 9.88. The quantitative estimate of drug-likeness (QED) is 0.861. The zero-order valence-corrected chi connectivity index (χ0v) is 13.9. The van der Waals surface area contributed by atoms with Gasteiger partial charge in [-0.25, -0.2) is 9.79 Å². The standard InChI is InChI=1S/C18H23N3O3/c1-12-15(17(22)24-11-13-6-3-2-4-7-13)16(21-18(23)20-12)14-8-5-9-19-10-14/h5,8-10,13,15-16H,2-4,6-7,11H2,1H3,(H,21,23). The first-order valence-electron chi connectivity index (χ1n) is 8.57.